The maximum absolute atomic E-state index is 11.8. The molecule has 100 valence electrons. The molecule has 21 heavy (non-hydrogen) atoms. The zero-order chi connectivity index (χ0) is 14.7. The van der Waals surface area contributed by atoms with Crippen LogP contribution in [0.1, 0.15) is 5.56 Å². The fourth-order valence-electron chi connectivity index (χ4n) is 1.98. The molecule has 0 radical (unpaired) electrons. The minimum absolute atomic E-state index is 0.249. The van der Waals surface area contributed by atoms with E-state index in [4.69, 9.17) is 5.26 Å². The molecule has 0 bridgehead atoms. The fraction of sp³-hybridized carbons (Fsp3) is 0. The highest BCUT2D eigenvalue weighted by molar-refractivity contribution is 5.63. The van der Waals surface area contributed by atoms with Crippen molar-refractivity contribution in [2.45, 2.75) is 0 Å². The Labute approximate surface area is 120 Å². The smallest absolute Gasteiger partial charge is 0.251 e. The molecule has 0 aliphatic carbocycles. The Balaban J connectivity index is 2.14. The quantitative estimate of drug-likeness (QED) is 0.777. The van der Waals surface area contributed by atoms with Gasteiger partial charge in [0.1, 0.15) is 11.9 Å². The number of aromatic amines is 1. The van der Waals surface area contributed by atoms with Crippen LogP contribution in [0.15, 0.2) is 59.7 Å². The molecule has 2 aromatic heterocycles. The summed E-state index contributed by atoms with van der Waals surface area (Å²) in [5.74, 6) is 0.487. The third kappa shape index (κ3) is 2.69. The summed E-state index contributed by atoms with van der Waals surface area (Å²) in [7, 11) is 0. The van der Waals surface area contributed by atoms with E-state index in [1.807, 2.05) is 36.4 Å². The molecule has 2 heterocycles. The molecule has 0 saturated heterocycles. The lowest BCUT2D eigenvalue weighted by Crippen LogP contribution is -2.08. The van der Waals surface area contributed by atoms with Gasteiger partial charge in [-0.25, -0.2) is 4.98 Å². The third-order valence-corrected chi connectivity index (χ3v) is 2.95. The number of aromatic nitrogens is 3. The molecule has 0 aliphatic rings. The van der Waals surface area contributed by atoms with Crippen LogP contribution in [0, 0.1) is 11.3 Å². The Hall–Kier alpha value is -3.26. The maximum atomic E-state index is 11.8. The highest BCUT2D eigenvalue weighted by atomic mass is 16.1. The van der Waals surface area contributed by atoms with Crippen LogP contribution in [0.25, 0.3) is 22.6 Å². The first-order chi connectivity index (χ1) is 10.3. The molecule has 0 spiro atoms. The minimum Gasteiger partial charge on any atom is -0.306 e. The molecule has 3 rings (SSSR count). The standard InChI is InChI=1S/C16H10N4O/c17-8-11-6-13(10-18-9-11)14-7-15(21)20-16(19-14)12-4-2-1-3-5-12/h1-7,9-10H,(H,19,20,21). The third-order valence-electron chi connectivity index (χ3n) is 2.95. The number of nitriles is 1. The van der Waals surface area contributed by atoms with Crippen LogP contribution in [0.2, 0.25) is 0 Å². The molecule has 0 unspecified atom stereocenters. The summed E-state index contributed by atoms with van der Waals surface area (Å²) in [6, 6.07) is 14.5. The second-order valence-electron chi connectivity index (χ2n) is 4.42. The van der Waals surface area contributed by atoms with Crippen molar-refractivity contribution < 1.29 is 0 Å². The van der Waals surface area contributed by atoms with Crippen molar-refractivity contribution in [1.29, 1.82) is 5.26 Å². The molecule has 0 aliphatic heterocycles. The van der Waals surface area contributed by atoms with Gasteiger partial charge in [0.15, 0.2) is 0 Å². The van der Waals surface area contributed by atoms with Gasteiger partial charge in [-0.2, -0.15) is 5.26 Å². The van der Waals surface area contributed by atoms with Crippen molar-refractivity contribution in [3.63, 3.8) is 0 Å². The number of rotatable bonds is 2. The Morgan fingerprint density at radius 1 is 1.05 bits per heavy atom. The number of H-pyrrole nitrogens is 1. The zero-order valence-corrected chi connectivity index (χ0v) is 10.9. The number of nitrogens with zero attached hydrogens (tertiary/aromatic N) is 3. The van der Waals surface area contributed by atoms with Crippen molar-refractivity contribution in [3.8, 4) is 28.7 Å². The molecular formula is C16H10N4O. The molecule has 3 aromatic rings. The Morgan fingerprint density at radius 3 is 2.62 bits per heavy atom. The van der Waals surface area contributed by atoms with Gasteiger partial charge in [0.25, 0.3) is 5.56 Å². The van der Waals surface area contributed by atoms with Gasteiger partial charge in [-0.05, 0) is 6.07 Å². The van der Waals surface area contributed by atoms with Crippen LogP contribution in [0.5, 0.6) is 0 Å². The normalized spacial score (nSPS) is 10.0. The topological polar surface area (TPSA) is 82.4 Å². The summed E-state index contributed by atoms with van der Waals surface area (Å²) >= 11 is 0. The number of benzene rings is 1. The fourth-order valence-corrected chi connectivity index (χ4v) is 1.98. The lowest BCUT2D eigenvalue weighted by Gasteiger charge is -2.04. The molecule has 1 N–H and O–H groups in total. The summed E-state index contributed by atoms with van der Waals surface area (Å²) in [4.78, 5) is 23.0. The van der Waals surface area contributed by atoms with Gasteiger partial charge < -0.3 is 4.98 Å². The van der Waals surface area contributed by atoms with E-state index in [1.165, 1.54) is 12.3 Å². The van der Waals surface area contributed by atoms with Crippen LogP contribution < -0.4 is 5.56 Å². The van der Waals surface area contributed by atoms with Gasteiger partial charge in [-0.15, -0.1) is 0 Å². The predicted octanol–water partition coefficient (Wildman–Crippen LogP) is 2.37. The van der Waals surface area contributed by atoms with Crippen LogP contribution in [-0.2, 0) is 0 Å². The van der Waals surface area contributed by atoms with Crippen molar-refractivity contribution in [2.24, 2.45) is 0 Å². The highest BCUT2D eigenvalue weighted by Crippen LogP contribution is 2.19. The Kier molecular flexibility index (Phi) is 3.27. The summed E-state index contributed by atoms with van der Waals surface area (Å²) in [5, 5.41) is 8.92. The molecule has 1 aromatic carbocycles. The Morgan fingerprint density at radius 2 is 1.86 bits per heavy atom. The lowest BCUT2D eigenvalue weighted by molar-refractivity contribution is 1.13. The van der Waals surface area contributed by atoms with Gasteiger partial charge in [0.2, 0.25) is 0 Å². The maximum Gasteiger partial charge on any atom is 0.251 e. The monoisotopic (exact) mass is 274 g/mol. The van der Waals surface area contributed by atoms with E-state index in [-0.39, 0.29) is 5.56 Å². The van der Waals surface area contributed by atoms with Crippen molar-refractivity contribution in [3.05, 3.63) is 70.8 Å². The highest BCUT2D eigenvalue weighted by Gasteiger charge is 2.07. The van der Waals surface area contributed by atoms with E-state index in [0.717, 1.165) is 5.56 Å². The zero-order valence-electron chi connectivity index (χ0n) is 10.9. The van der Waals surface area contributed by atoms with Gasteiger partial charge >= 0.3 is 0 Å². The second kappa shape index (κ2) is 5.39. The van der Waals surface area contributed by atoms with Gasteiger partial charge in [0.05, 0.1) is 11.3 Å². The van der Waals surface area contributed by atoms with Crippen molar-refractivity contribution in [2.75, 3.05) is 0 Å². The van der Waals surface area contributed by atoms with E-state index >= 15 is 0 Å². The van der Waals surface area contributed by atoms with Crippen LogP contribution >= 0.6 is 0 Å². The van der Waals surface area contributed by atoms with E-state index in [2.05, 4.69) is 15.0 Å². The summed E-state index contributed by atoms with van der Waals surface area (Å²) in [5.41, 5.74) is 2.12. The molecule has 0 saturated carbocycles. The Bertz CT molecular complexity index is 879. The van der Waals surface area contributed by atoms with Crippen LogP contribution in [0.3, 0.4) is 0 Å². The first kappa shape index (κ1) is 12.8. The van der Waals surface area contributed by atoms with Crippen LogP contribution in [0.4, 0.5) is 0 Å². The average Bonchev–Trinajstić information content (AvgIpc) is 2.55. The molecule has 5 heteroatoms. The van der Waals surface area contributed by atoms with Gasteiger partial charge in [-0.3, -0.25) is 9.78 Å². The van der Waals surface area contributed by atoms with E-state index in [9.17, 15) is 4.79 Å². The summed E-state index contributed by atoms with van der Waals surface area (Å²) in [6.07, 6.45) is 3.05. The number of nitrogens with one attached hydrogen (secondary N) is 1. The second-order valence-corrected chi connectivity index (χ2v) is 4.42. The molecule has 0 atom stereocenters. The number of hydrogen-bond donors (Lipinski definition) is 1. The average molecular weight is 274 g/mol. The summed E-state index contributed by atoms with van der Waals surface area (Å²) in [6.45, 7) is 0. The molecule has 5 nitrogen and oxygen atoms in total. The molecule has 0 amide bonds. The van der Waals surface area contributed by atoms with Crippen molar-refractivity contribution in [1.82, 2.24) is 15.0 Å². The first-order valence-electron chi connectivity index (χ1n) is 6.28. The number of pyridine rings is 1. The SMILES string of the molecule is N#Cc1cncc(-c2cc(=O)[nH]c(-c3ccccc3)n2)c1. The lowest BCUT2D eigenvalue weighted by atomic mass is 10.1. The van der Waals surface area contributed by atoms with Gasteiger partial charge in [0, 0.05) is 29.6 Å². The number of hydrogen-bond acceptors (Lipinski definition) is 4. The predicted molar refractivity (Wildman–Crippen MR) is 78.2 cm³/mol. The first-order valence-corrected chi connectivity index (χ1v) is 6.28. The van der Waals surface area contributed by atoms with Crippen LogP contribution in [-0.4, -0.2) is 15.0 Å². The molecule has 0 fully saturated rings. The molecular weight excluding hydrogens is 264 g/mol. The minimum atomic E-state index is -0.249. The van der Waals surface area contributed by atoms with E-state index in [1.54, 1.807) is 12.3 Å². The van der Waals surface area contributed by atoms with E-state index < -0.39 is 0 Å². The largest absolute Gasteiger partial charge is 0.306 e. The van der Waals surface area contributed by atoms with E-state index in [0.29, 0.717) is 22.6 Å². The van der Waals surface area contributed by atoms with Gasteiger partial charge in [-0.1, -0.05) is 30.3 Å². The summed E-state index contributed by atoms with van der Waals surface area (Å²) < 4.78 is 0. The van der Waals surface area contributed by atoms with Crippen molar-refractivity contribution >= 4 is 0 Å².